The molecule has 2 nitrogen and oxygen atoms in total. The highest BCUT2D eigenvalue weighted by Crippen LogP contribution is 2.22. The van der Waals surface area contributed by atoms with Crippen molar-refractivity contribution in [3.8, 4) is 0 Å². The SMILES string of the molecule is CCC1CCCCN1C[C@H]1CCNC1. The summed E-state index contributed by atoms with van der Waals surface area (Å²) >= 11 is 0. The zero-order chi connectivity index (χ0) is 9.80. The van der Waals surface area contributed by atoms with Gasteiger partial charge in [0, 0.05) is 12.6 Å². The predicted octanol–water partition coefficient (Wildman–Crippen LogP) is 1.86. The second kappa shape index (κ2) is 5.13. The molecule has 14 heavy (non-hydrogen) atoms. The normalized spacial score (nSPS) is 34.9. The van der Waals surface area contributed by atoms with Crippen LogP contribution in [-0.2, 0) is 0 Å². The molecule has 2 atom stereocenters. The monoisotopic (exact) mass is 196 g/mol. The van der Waals surface area contributed by atoms with Crippen LogP contribution in [0.1, 0.15) is 39.0 Å². The Morgan fingerprint density at radius 2 is 2.21 bits per heavy atom. The van der Waals surface area contributed by atoms with Gasteiger partial charge in [0.25, 0.3) is 0 Å². The second-order valence-corrected chi connectivity index (χ2v) is 4.91. The third-order valence-corrected chi connectivity index (χ3v) is 3.88. The first-order valence-electron chi connectivity index (χ1n) is 6.35. The summed E-state index contributed by atoms with van der Waals surface area (Å²) in [6.07, 6.45) is 7.07. The van der Waals surface area contributed by atoms with E-state index in [1.54, 1.807) is 0 Å². The Hall–Kier alpha value is -0.0800. The third-order valence-electron chi connectivity index (χ3n) is 3.88. The van der Waals surface area contributed by atoms with Crippen molar-refractivity contribution in [2.45, 2.75) is 45.1 Å². The Labute approximate surface area is 88.1 Å². The molecule has 0 aromatic rings. The van der Waals surface area contributed by atoms with Gasteiger partial charge < -0.3 is 10.2 Å². The Kier molecular flexibility index (Phi) is 3.82. The summed E-state index contributed by atoms with van der Waals surface area (Å²) < 4.78 is 0. The average molecular weight is 196 g/mol. The van der Waals surface area contributed by atoms with Gasteiger partial charge in [0.15, 0.2) is 0 Å². The standard InChI is InChI=1S/C12H24N2/c1-2-12-5-3-4-8-14(12)10-11-6-7-13-9-11/h11-13H,2-10H2,1H3/t11-,12?/m0/s1. The summed E-state index contributed by atoms with van der Waals surface area (Å²) in [5.74, 6) is 0.933. The Balaban J connectivity index is 1.81. The van der Waals surface area contributed by atoms with Crippen LogP contribution in [-0.4, -0.2) is 37.1 Å². The molecule has 0 aromatic carbocycles. The highest BCUT2D eigenvalue weighted by atomic mass is 15.2. The molecule has 82 valence electrons. The van der Waals surface area contributed by atoms with Gasteiger partial charge in [-0.3, -0.25) is 0 Å². The quantitative estimate of drug-likeness (QED) is 0.741. The number of nitrogens with one attached hydrogen (secondary N) is 1. The van der Waals surface area contributed by atoms with Crippen molar-refractivity contribution in [1.29, 1.82) is 0 Å². The molecule has 0 aromatic heterocycles. The van der Waals surface area contributed by atoms with Crippen LogP contribution in [0.5, 0.6) is 0 Å². The second-order valence-electron chi connectivity index (χ2n) is 4.91. The third kappa shape index (κ3) is 2.48. The highest BCUT2D eigenvalue weighted by Gasteiger charge is 2.24. The lowest BCUT2D eigenvalue weighted by Gasteiger charge is -2.36. The maximum absolute atomic E-state index is 3.47. The molecular weight excluding hydrogens is 172 g/mol. The minimum atomic E-state index is 0.893. The van der Waals surface area contributed by atoms with Crippen molar-refractivity contribution in [2.24, 2.45) is 5.92 Å². The number of hydrogen-bond acceptors (Lipinski definition) is 2. The molecule has 1 N–H and O–H groups in total. The fourth-order valence-electron chi connectivity index (χ4n) is 2.96. The van der Waals surface area contributed by atoms with Gasteiger partial charge in [-0.1, -0.05) is 13.3 Å². The molecular formula is C12H24N2. The summed E-state index contributed by atoms with van der Waals surface area (Å²) in [5.41, 5.74) is 0. The van der Waals surface area contributed by atoms with Crippen molar-refractivity contribution < 1.29 is 0 Å². The first-order valence-corrected chi connectivity index (χ1v) is 6.35. The molecule has 0 saturated carbocycles. The zero-order valence-electron chi connectivity index (χ0n) is 9.47. The van der Waals surface area contributed by atoms with Gasteiger partial charge in [-0.2, -0.15) is 0 Å². The van der Waals surface area contributed by atoms with Crippen molar-refractivity contribution in [1.82, 2.24) is 10.2 Å². The number of nitrogens with zero attached hydrogens (tertiary/aromatic N) is 1. The number of likely N-dealkylation sites (tertiary alicyclic amines) is 1. The molecule has 0 aliphatic carbocycles. The van der Waals surface area contributed by atoms with Gasteiger partial charge in [-0.05, 0) is 51.2 Å². The lowest BCUT2D eigenvalue weighted by molar-refractivity contribution is 0.125. The maximum atomic E-state index is 3.47. The van der Waals surface area contributed by atoms with E-state index in [9.17, 15) is 0 Å². The smallest absolute Gasteiger partial charge is 0.00927 e. The lowest BCUT2D eigenvalue weighted by Crippen LogP contribution is -2.42. The predicted molar refractivity (Wildman–Crippen MR) is 60.5 cm³/mol. The van der Waals surface area contributed by atoms with Crippen molar-refractivity contribution in [3.63, 3.8) is 0 Å². The van der Waals surface area contributed by atoms with Gasteiger partial charge in [-0.15, -0.1) is 0 Å². The summed E-state index contributed by atoms with van der Waals surface area (Å²) in [6.45, 7) is 7.55. The minimum Gasteiger partial charge on any atom is -0.316 e. The number of piperidine rings is 1. The van der Waals surface area contributed by atoms with Gasteiger partial charge in [0.2, 0.25) is 0 Å². The van der Waals surface area contributed by atoms with Crippen LogP contribution in [0, 0.1) is 5.92 Å². The summed E-state index contributed by atoms with van der Waals surface area (Å²) in [5, 5.41) is 3.47. The van der Waals surface area contributed by atoms with Gasteiger partial charge in [0.05, 0.1) is 0 Å². The van der Waals surface area contributed by atoms with Crippen LogP contribution < -0.4 is 5.32 Å². The van der Waals surface area contributed by atoms with E-state index in [1.165, 1.54) is 58.3 Å². The topological polar surface area (TPSA) is 15.3 Å². The van der Waals surface area contributed by atoms with E-state index in [1.807, 2.05) is 0 Å². The summed E-state index contributed by atoms with van der Waals surface area (Å²) in [4.78, 5) is 2.75. The van der Waals surface area contributed by atoms with E-state index < -0.39 is 0 Å². The van der Waals surface area contributed by atoms with E-state index >= 15 is 0 Å². The molecule has 0 bridgehead atoms. The molecule has 2 heterocycles. The fourth-order valence-corrected chi connectivity index (χ4v) is 2.96. The average Bonchev–Trinajstić information content (AvgIpc) is 2.71. The minimum absolute atomic E-state index is 0.893. The van der Waals surface area contributed by atoms with Crippen LogP contribution >= 0.6 is 0 Å². The fraction of sp³-hybridized carbons (Fsp3) is 1.00. The Morgan fingerprint density at radius 3 is 2.93 bits per heavy atom. The van der Waals surface area contributed by atoms with Gasteiger partial charge in [0.1, 0.15) is 0 Å². The van der Waals surface area contributed by atoms with Crippen LogP contribution in [0.15, 0.2) is 0 Å². The number of rotatable bonds is 3. The molecule has 2 rings (SSSR count). The van der Waals surface area contributed by atoms with E-state index in [-0.39, 0.29) is 0 Å². The molecule has 2 heteroatoms. The van der Waals surface area contributed by atoms with Gasteiger partial charge >= 0.3 is 0 Å². The lowest BCUT2D eigenvalue weighted by atomic mass is 9.98. The molecule has 2 aliphatic rings. The van der Waals surface area contributed by atoms with E-state index in [4.69, 9.17) is 0 Å². The molecule has 2 fully saturated rings. The summed E-state index contributed by atoms with van der Waals surface area (Å²) in [7, 11) is 0. The van der Waals surface area contributed by atoms with Crippen molar-refractivity contribution >= 4 is 0 Å². The molecule has 2 aliphatic heterocycles. The molecule has 0 radical (unpaired) electrons. The van der Waals surface area contributed by atoms with Crippen LogP contribution in [0.3, 0.4) is 0 Å². The summed E-state index contributed by atoms with van der Waals surface area (Å²) in [6, 6.07) is 0.893. The Morgan fingerprint density at radius 1 is 1.29 bits per heavy atom. The molecule has 1 unspecified atom stereocenters. The Bertz CT molecular complexity index is 164. The first kappa shape index (κ1) is 10.4. The van der Waals surface area contributed by atoms with Crippen molar-refractivity contribution in [3.05, 3.63) is 0 Å². The van der Waals surface area contributed by atoms with E-state index in [0.29, 0.717) is 0 Å². The van der Waals surface area contributed by atoms with Crippen LogP contribution in [0.25, 0.3) is 0 Å². The van der Waals surface area contributed by atoms with Crippen LogP contribution in [0.2, 0.25) is 0 Å². The molecule has 0 spiro atoms. The van der Waals surface area contributed by atoms with Crippen LogP contribution in [0.4, 0.5) is 0 Å². The molecule has 0 amide bonds. The van der Waals surface area contributed by atoms with E-state index in [2.05, 4.69) is 17.1 Å². The first-order chi connectivity index (χ1) is 6.90. The number of hydrogen-bond donors (Lipinski definition) is 1. The zero-order valence-corrected chi connectivity index (χ0v) is 9.47. The largest absolute Gasteiger partial charge is 0.316 e. The van der Waals surface area contributed by atoms with Gasteiger partial charge in [-0.25, -0.2) is 0 Å². The highest BCUT2D eigenvalue weighted by molar-refractivity contribution is 4.81. The molecule has 2 saturated heterocycles. The maximum Gasteiger partial charge on any atom is 0.00927 e. The van der Waals surface area contributed by atoms with Crippen molar-refractivity contribution in [2.75, 3.05) is 26.2 Å². The van der Waals surface area contributed by atoms with E-state index in [0.717, 1.165) is 12.0 Å².